The van der Waals surface area contributed by atoms with Gasteiger partial charge in [0.05, 0.1) is 4.92 Å². The first kappa shape index (κ1) is 21.7. The Morgan fingerprint density at radius 2 is 1.68 bits per heavy atom. The predicted octanol–water partition coefficient (Wildman–Crippen LogP) is 5.28. The van der Waals surface area contributed by atoms with Crippen LogP contribution in [-0.2, 0) is 0 Å². The lowest BCUT2D eigenvalue weighted by atomic mass is 10.0. The van der Waals surface area contributed by atoms with Crippen LogP contribution in [0, 0.1) is 10.1 Å². The fourth-order valence-electron chi connectivity index (χ4n) is 3.04. The van der Waals surface area contributed by atoms with Gasteiger partial charge in [-0.25, -0.2) is 0 Å². The lowest BCUT2D eigenvalue weighted by Gasteiger charge is -2.18. The second kappa shape index (κ2) is 10.2. The maximum Gasteiger partial charge on any atom is 0.269 e. The number of ketones is 1. The minimum absolute atomic E-state index is 0.0861. The van der Waals surface area contributed by atoms with Gasteiger partial charge in [0, 0.05) is 35.0 Å². The topological polar surface area (TPSA) is 98.5 Å². The number of benzene rings is 3. The highest BCUT2D eigenvalue weighted by atomic mass is 16.6. The molecule has 0 aromatic heterocycles. The van der Waals surface area contributed by atoms with Crippen LogP contribution in [0.5, 0.6) is 5.75 Å². The third kappa shape index (κ3) is 5.76. The number of nitro benzene ring substituents is 1. The van der Waals surface area contributed by atoms with Crippen LogP contribution in [-0.4, -0.2) is 22.7 Å². The van der Waals surface area contributed by atoms with Gasteiger partial charge in [0.25, 0.3) is 11.6 Å². The van der Waals surface area contributed by atoms with E-state index in [1.807, 2.05) is 25.1 Å². The number of nitrogens with one attached hydrogen (secondary N) is 1. The fraction of sp³-hybridized carbons (Fsp3) is 0.167. The van der Waals surface area contributed by atoms with Gasteiger partial charge in [-0.05, 0) is 30.7 Å². The van der Waals surface area contributed by atoms with Crippen LogP contribution in [0.15, 0.2) is 78.9 Å². The summed E-state index contributed by atoms with van der Waals surface area (Å²) in [6, 6.07) is 21.1. The normalized spacial score (nSPS) is 11.4. The third-order valence-corrected chi connectivity index (χ3v) is 4.61. The van der Waals surface area contributed by atoms with E-state index in [1.54, 1.807) is 36.4 Å². The summed E-state index contributed by atoms with van der Waals surface area (Å²) in [5, 5.41) is 13.5. The zero-order valence-corrected chi connectivity index (χ0v) is 17.0. The number of amides is 1. The standard InChI is InChI=1S/C24H22N2O5/c1-2-7-22(23(27)17-8-4-3-5-9-17)31-21-11-6-10-19(16-21)25-24(28)18-12-14-20(15-13-18)26(29)30/h3-6,8-16,22H,2,7H2,1H3,(H,25,28). The van der Waals surface area contributed by atoms with Crippen LogP contribution in [0.3, 0.4) is 0 Å². The first-order valence-electron chi connectivity index (χ1n) is 9.89. The molecule has 158 valence electrons. The van der Waals surface area contributed by atoms with E-state index in [0.717, 1.165) is 6.42 Å². The van der Waals surface area contributed by atoms with E-state index in [9.17, 15) is 19.7 Å². The molecule has 1 amide bonds. The number of non-ortho nitro benzene ring substituents is 1. The Morgan fingerprint density at radius 3 is 2.32 bits per heavy atom. The van der Waals surface area contributed by atoms with E-state index in [4.69, 9.17) is 4.74 Å². The number of hydrogen-bond acceptors (Lipinski definition) is 5. The SMILES string of the molecule is CCCC(Oc1cccc(NC(=O)c2ccc([N+](=O)[O-])cc2)c1)C(=O)c1ccccc1. The van der Waals surface area contributed by atoms with E-state index in [1.165, 1.54) is 24.3 Å². The van der Waals surface area contributed by atoms with Crippen molar-refractivity contribution in [3.05, 3.63) is 100 Å². The minimum Gasteiger partial charge on any atom is -0.482 e. The van der Waals surface area contributed by atoms with E-state index < -0.39 is 16.9 Å². The van der Waals surface area contributed by atoms with E-state index in [0.29, 0.717) is 29.0 Å². The molecule has 1 unspecified atom stereocenters. The van der Waals surface area contributed by atoms with Gasteiger partial charge in [0.15, 0.2) is 6.10 Å². The van der Waals surface area contributed by atoms with Crippen LogP contribution in [0.25, 0.3) is 0 Å². The molecule has 0 aliphatic rings. The quantitative estimate of drug-likeness (QED) is 0.290. The van der Waals surface area contributed by atoms with Gasteiger partial charge in [0.1, 0.15) is 5.75 Å². The number of rotatable bonds is 9. The number of nitro groups is 1. The summed E-state index contributed by atoms with van der Waals surface area (Å²) in [6.45, 7) is 1.98. The number of hydrogen-bond donors (Lipinski definition) is 1. The van der Waals surface area contributed by atoms with Gasteiger partial charge in [-0.3, -0.25) is 19.7 Å². The molecule has 0 fully saturated rings. The zero-order chi connectivity index (χ0) is 22.2. The van der Waals surface area contributed by atoms with Crippen LogP contribution >= 0.6 is 0 Å². The average molecular weight is 418 g/mol. The lowest BCUT2D eigenvalue weighted by molar-refractivity contribution is -0.384. The van der Waals surface area contributed by atoms with Crippen molar-refractivity contribution in [2.75, 3.05) is 5.32 Å². The molecule has 7 nitrogen and oxygen atoms in total. The maximum absolute atomic E-state index is 12.8. The van der Waals surface area contributed by atoms with Gasteiger partial charge >= 0.3 is 0 Å². The van der Waals surface area contributed by atoms with Crippen molar-refractivity contribution < 1.29 is 19.2 Å². The number of anilines is 1. The number of carbonyl (C=O) groups excluding carboxylic acids is 2. The van der Waals surface area contributed by atoms with Gasteiger partial charge in [-0.1, -0.05) is 49.7 Å². The molecule has 0 saturated carbocycles. The molecule has 0 bridgehead atoms. The molecule has 1 atom stereocenters. The average Bonchev–Trinajstić information content (AvgIpc) is 2.79. The van der Waals surface area contributed by atoms with Gasteiger partial charge < -0.3 is 10.1 Å². The minimum atomic E-state index is -0.631. The van der Waals surface area contributed by atoms with Crippen LogP contribution < -0.4 is 10.1 Å². The van der Waals surface area contributed by atoms with Gasteiger partial charge in [-0.15, -0.1) is 0 Å². The second-order valence-corrected chi connectivity index (χ2v) is 6.91. The molecule has 3 aromatic carbocycles. The number of ether oxygens (including phenoxy) is 1. The molecular weight excluding hydrogens is 396 g/mol. The Balaban J connectivity index is 1.71. The molecule has 0 aliphatic carbocycles. The van der Waals surface area contributed by atoms with Gasteiger partial charge in [0.2, 0.25) is 5.78 Å². The van der Waals surface area contributed by atoms with Crippen LogP contribution in [0.2, 0.25) is 0 Å². The maximum atomic E-state index is 12.8. The monoisotopic (exact) mass is 418 g/mol. The van der Waals surface area contributed by atoms with Crippen molar-refractivity contribution in [2.24, 2.45) is 0 Å². The summed E-state index contributed by atoms with van der Waals surface area (Å²) in [7, 11) is 0. The molecule has 1 N–H and O–H groups in total. The highest BCUT2D eigenvalue weighted by Gasteiger charge is 2.21. The zero-order valence-electron chi connectivity index (χ0n) is 17.0. The molecule has 7 heteroatoms. The molecule has 0 aliphatic heterocycles. The fourth-order valence-corrected chi connectivity index (χ4v) is 3.04. The van der Waals surface area contributed by atoms with Crippen molar-refractivity contribution in [1.29, 1.82) is 0 Å². The smallest absolute Gasteiger partial charge is 0.269 e. The van der Waals surface area contributed by atoms with Crippen LogP contribution in [0.1, 0.15) is 40.5 Å². The largest absolute Gasteiger partial charge is 0.482 e. The molecule has 31 heavy (non-hydrogen) atoms. The summed E-state index contributed by atoms with van der Waals surface area (Å²) < 4.78 is 5.97. The van der Waals surface area contributed by atoms with E-state index >= 15 is 0 Å². The summed E-state index contributed by atoms with van der Waals surface area (Å²) in [4.78, 5) is 35.5. The van der Waals surface area contributed by atoms with Crippen molar-refractivity contribution in [1.82, 2.24) is 0 Å². The lowest BCUT2D eigenvalue weighted by Crippen LogP contribution is -2.27. The molecule has 3 aromatic rings. The Morgan fingerprint density at radius 1 is 0.968 bits per heavy atom. The van der Waals surface area contributed by atoms with Crippen molar-refractivity contribution in [2.45, 2.75) is 25.9 Å². The summed E-state index contributed by atoms with van der Waals surface area (Å²) in [5.74, 6) is -0.0375. The highest BCUT2D eigenvalue weighted by Crippen LogP contribution is 2.22. The van der Waals surface area contributed by atoms with Crippen molar-refractivity contribution in [3.63, 3.8) is 0 Å². The van der Waals surface area contributed by atoms with E-state index in [-0.39, 0.29) is 11.5 Å². The Labute approximate surface area is 179 Å². The first-order chi connectivity index (χ1) is 15.0. The highest BCUT2D eigenvalue weighted by molar-refractivity contribution is 6.04. The van der Waals surface area contributed by atoms with E-state index in [2.05, 4.69) is 5.32 Å². The number of Topliss-reactive ketones (excluding diaryl/α,β-unsaturated/α-hetero) is 1. The summed E-state index contributed by atoms with van der Waals surface area (Å²) in [6.07, 6.45) is 0.709. The number of nitrogens with zero attached hydrogens (tertiary/aromatic N) is 1. The second-order valence-electron chi connectivity index (χ2n) is 6.91. The molecule has 0 spiro atoms. The molecule has 0 heterocycles. The predicted molar refractivity (Wildman–Crippen MR) is 118 cm³/mol. The van der Waals surface area contributed by atoms with Crippen LogP contribution in [0.4, 0.5) is 11.4 Å². The molecule has 3 rings (SSSR count). The molecule has 0 radical (unpaired) electrons. The first-order valence-corrected chi connectivity index (χ1v) is 9.89. The summed E-state index contributed by atoms with van der Waals surface area (Å²) in [5.41, 5.74) is 1.28. The molecular formula is C24H22N2O5. The Kier molecular flexibility index (Phi) is 7.11. The summed E-state index contributed by atoms with van der Waals surface area (Å²) >= 11 is 0. The Bertz CT molecular complexity index is 1060. The number of carbonyl (C=O) groups is 2. The van der Waals surface area contributed by atoms with Crippen molar-refractivity contribution >= 4 is 23.1 Å². The Hall–Kier alpha value is -4.00. The third-order valence-electron chi connectivity index (χ3n) is 4.61. The van der Waals surface area contributed by atoms with Crippen molar-refractivity contribution in [3.8, 4) is 5.75 Å². The van der Waals surface area contributed by atoms with Gasteiger partial charge in [-0.2, -0.15) is 0 Å². The molecule has 0 saturated heterocycles.